The first-order chi connectivity index (χ1) is 18.8. The number of nitrogens with zero attached hydrogens (tertiary/aromatic N) is 8. The van der Waals surface area contributed by atoms with Gasteiger partial charge >= 0.3 is 12.2 Å². The third-order valence-corrected chi connectivity index (χ3v) is 7.78. The lowest BCUT2D eigenvalue weighted by Crippen LogP contribution is -2.70. The van der Waals surface area contributed by atoms with Crippen molar-refractivity contribution in [2.24, 2.45) is 0 Å². The van der Waals surface area contributed by atoms with Gasteiger partial charge in [-0.15, -0.1) is 0 Å². The molecule has 0 N–H and O–H groups in total. The molecule has 4 bridgehead atoms. The molecule has 2 amide bonds. The van der Waals surface area contributed by atoms with Gasteiger partial charge in [0.1, 0.15) is 34.2 Å². The van der Waals surface area contributed by atoms with E-state index in [-0.39, 0.29) is 36.4 Å². The summed E-state index contributed by atoms with van der Waals surface area (Å²) in [5.74, 6) is 1.57. The lowest BCUT2D eigenvalue weighted by molar-refractivity contribution is -0.0389. The molecule has 4 atom stereocenters. The van der Waals surface area contributed by atoms with Crippen molar-refractivity contribution in [3.8, 4) is 11.4 Å². The molecule has 6 aliphatic rings. The van der Waals surface area contributed by atoms with Crippen LogP contribution >= 0.6 is 0 Å². The summed E-state index contributed by atoms with van der Waals surface area (Å²) in [4.78, 5) is 51.7. The van der Waals surface area contributed by atoms with Gasteiger partial charge < -0.3 is 19.3 Å². The number of piperazine rings is 2. The highest BCUT2D eigenvalue weighted by molar-refractivity contribution is 5.72. The number of piperidine rings is 2. The molecule has 6 aliphatic heterocycles. The highest BCUT2D eigenvalue weighted by atomic mass is 16.6. The summed E-state index contributed by atoms with van der Waals surface area (Å²) in [7, 11) is 0. The number of anilines is 2. The van der Waals surface area contributed by atoms with Crippen molar-refractivity contribution >= 4 is 23.8 Å². The van der Waals surface area contributed by atoms with Gasteiger partial charge in [-0.25, -0.2) is 29.5 Å². The molecule has 0 aromatic carbocycles. The zero-order valence-corrected chi connectivity index (χ0v) is 24.1. The lowest BCUT2D eigenvalue weighted by Gasteiger charge is -2.55. The van der Waals surface area contributed by atoms with Gasteiger partial charge in [-0.2, -0.15) is 0 Å². The largest absolute Gasteiger partial charge is 0.444 e. The molecule has 12 heteroatoms. The topological polar surface area (TPSA) is 117 Å². The number of carbonyl (C=O) groups is 2. The average molecular weight is 551 g/mol. The van der Waals surface area contributed by atoms with Gasteiger partial charge in [-0.3, -0.25) is 9.80 Å². The fourth-order valence-electron chi connectivity index (χ4n) is 6.05. The van der Waals surface area contributed by atoms with Crippen molar-refractivity contribution in [2.45, 2.75) is 89.8 Å². The van der Waals surface area contributed by atoms with Crippen molar-refractivity contribution in [1.29, 1.82) is 0 Å². The first-order valence-electron chi connectivity index (χ1n) is 14.0. The van der Waals surface area contributed by atoms with Crippen LogP contribution in [0.1, 0.15) is 54.4 Å². The Morgan fingerprint density at radius 3 is 1.25 bits per heavy atom. The summed E-state index contributed by atoms with van der Waals surface area (Å²) in [6.45, 7) is 14.2. The zero-order chi connectivity index (χ0) is 28.4. The van der Waals surface area contributed by atoms with Gasteiger partial charge in [0.05, 0.1) is 49.0 Å². The van der Waals surface area contributed by atoms with Gasteiger partial charge in [0.15, 0.2) is 0 Å². The number of hydrogen-bond acceptors (Lipinski definition) is 10. The SMILES string of the molecule is CC(C)(C)OC(=O)N1C2CC1CN(c1cnc(-c3cnc(N4CC5CC(C4)N5C(=O)OC(C)(C)C)cn3)cn1)C2. The van der Waals surface area contributed by atoms with E-state index in [1.165, 1.54) is 0 Å². The summed E-state index contributed by atoms with van der Waals surface area (Å²) < 4.78 is 11.1. The smallest absolute Gasteiger partial charge is 0.410 e. The molecule has 2 aromatic heterocycles. The molecule has 0 spiro atoms. The predicted octanol–water partition coefficient (Wildman–Crippen LogP) is 3.33. The van der Waals surface area contributed by atoms with Crippen molar-refractivity contribution in [1.82, 2.24) is 29.7 Å². The standard InChI is InChI=1S/C28H38N8O4/c1-27(2,3)39-25(37)35-17-7-18(35)14-33(13-17)23-11-29-21(9-31-23)22-10-32-24(12-30-22)34-15-19-8-20(16-34)36(19)26(38)40-28(4,5)6/h9-12,17-20H,7-8,13-16H2,1-6H3. The quantitative estimate of drug-likeness (QED) is 0.563. The summed E-state index contributed by atoms with van der Waals surface area (Å²) in [6, 6.07) is 0.520. The number of carbonyl (C=O) groups excluding carboxylic acids is 2. The molecule has 0 saturated carbocycles. The fourth-order valence-corrected chi connectivity index (χ4v) is 6.05. The molecule has 40 heavy (non-hydrogen) atoms. The summed E-state index contributed by atoms with van der Waals surface area (Å²) in [6.07, 6.45) is 8.46. The van der Waals surface area contributed by atoms with E-state index < -0.39 is 11.2 Å². The van der Waals surface area contributed by atoms with Crippen LogP contribution in [0.2, 0.25) is 0 Å². The Morgan fingerprint density at radius 1 is 0.625 bits per heavy atom. The third kappa shape index (κ3) is 5.11. The number of aromatic nitrogens is 4. The normalized spacial score (nSPS) is 25.6. The van der Waals surface area contributed by atoms with E-state index in [0.29, 0.717) is 37.6 Å². The van der Waals surface area contributed by atoms with Gasteiger partial charge in [0.25, 0.3) is 0 Å². The molecule has 2 aromatic rings. The maximum atomic E-state index is 12.5. The second kappa shape index (κ2) is 9.45. The van der Waals surface area contributed by atoms with E-state index in [9.17, 15) is 9.59 Å². The lowest BCUT2D eigenvalue weighted by atomic mass is 9.88. The Kier molecular flexibility index (Phi) is 6.26. The number of hydrogen-bond donors (Lipinski definition) is 0. The Hall–Kier alpha value is -3.70. The number of fused-ring (bicyclic) bond motifs is 4. The second-order valence-corrected chi connectivity index (χ2v) is 13.2. The molecule has 8 heterocycles. The van der Waals surface area contributed by atoms with Crippen LogP contribution < -0.4 is 9.80 Å². The van der Waals surface area contributed by atoms with E-state index in [2.05, 4.69) is 29.7 Å². The maximum Gasteiger partial charge on any atom is 0.410 e. The molecule has 0 aliphatic carbocycles. The van der Waals surface area contributed by atoms with E-state index >= 15 is 0 Å². The van der Waals surface area contributed by atoms with Crippen LogP contribution in [0.4, 0.5) is 21.2 Å². The van der Waals surface area contributed by atoms with Crippen LogP contribution in [-0.2, 0) is 9.47 Å². The second-order valence-electron chi connectivity index (χ2n) is 13.2. The molecule has 6 fully saturated rings. The Labute approximate surface area is 234 Å². The Balaban J connectivity index is 1.04. The Bertz CT molecular complexity index is 1150. The average Bonchev–Trinajstić information content (AvgIpc) is 2.86. The van der Waals surface area contributed by atoms with Crippen LogP contribution in [0.15, 0.2) is 24.8 Å². The van der Waals surface area contributed by atoms with Crippen molar-refractivity contribution in [3.05, 3.63) is 24.8 Å². The van der Waals surface area contributed by atoms with Crippen molar-refractivity contribution in [3.63, 3.8) is 0 Å². The third-order valence-electron chi connectivity index (χ3n) is 7.78. The maximum absolute atomic E-state index is 12.5. The minimum atomic E-state index is -0.500. The van der Waals surface area contributed by atoms with Crippen molar-refractivity contribution in [2.75, 3.05) is 36.0 Å². The summed E-state index contributed by atoms with van der Waals surface area (Å²) in [5.41, 5.74) is 0.302. The molecule has 12 nitrogen and oxygen atoms in total. The summed E-state index contributed by atoms with van der Waals surface area (Å²) >= 11 is 0. The van der Waals surface area contributed by atoms with Crippen LogP contribution in [-0.4, -0.2) is 103 Å². The Morgan fingerprint density at radius 2 is 0.975 bits per heavy atom. The molecule has 4 unspecified atom stereocenters. The molecule has 0 radical (unpaired) electrons. The molecule has 214 valence electrons. The molecule has 6 saturated heterocycles. The van der Waals surface area contributed by atoms with E-state index in [4.69, 9.17) is 9.47 Å². The van der Waals surface area contributed by atoms with Gasteiger partial charge in [-0.05, 0) is 54.4 Å². The van der Waals surface area contributed by atoms with Gasteiger partial charge in [-0.1, -0.05) is 0 Å². The molecule has 8 rings (SSSR count). The monoisotopic (exact) mass is 550 g/mol. The number of amides is 2. The van der Waals surface area contributed by atoms with Gasteiger partial charge in [0.2, 0.25) is 0 Å². The minimum absolute atomic E-state index is 0.130. The molecular formula is C28H38N8O4. The number of ether oxygens (including phenoxy) is 2. The van der Waals surface area contributed by atoms with Crippen LogP contribution in [0, 0.1) is 0 Å². The fraction of sp³-hybridized carbons (Fsp3) is 0.643. The number of rotatable bonds is 3. The van der Waals surface area contributed by atoms with Crippen LogP contribution in [0.25, 0.3) is 11.4 Å². The van der Waals surface area contributed by atoms with E-state index in [1.807, 2.05) is 51.3 Å². The van der Waals surface area contributed by atoms with Gasteiger partial charge in [0, 0.05) is 26.2 Å². The van der Waals surface area contributed by atoms with Crippen LogP contribution in [0.3, 0.4) is 0 Å². The van der Waals surface area contributed by atoms with E-state index in [1.54, 1.807) is 24.8 Å². The highest BCUT2D eigenvalue weighted by Gasteiger charge is 2.50. The molecular weight excluding hydrogens is 512 g/mol. The first kappa shape index (κ1) is 26.5. The van der Waals surface area contributed by atoms with Crippen molar-refractivity contribution < 1.29 is 19.1 Å². The first-order valence-corrected chi connectivity index (χ1v) is 14.0. The summed E-state index contributed by atoms with van der Waals surface area (Å²) in [5, 5.41) is 0. The van der Waals surface area contributed by atoms with E-state index in [0.717, 1.165) is 24.5 Å². The predicted molar refractivity (Wildman–Crippen MR) is 148 cm³/mol. The highest BCUT2D eigenvalue weighted by Crippen LogP contribution is 2.37. The zero-order valence-electron chi connectivity index (χ0n) is 24.1. The minimum Gasteiger partial charge on any atom is -0.444 e. The van der Waals surface area contributed by atoms with Crippen LogP contribution in [0.5, 0.6) is 0 Å².